The number of para-hydroxylation sites is 1. The summed E-state index contributed by atoms with van der Waals surface area (Å²) < 4.78 is 80.5. The predicted octanol–water partition coefficient (Wildman–Crippen LogP) is 5.47. The van der Waals surface area contributed by atoms with E-state index in [1.165, 1.54) is 18.2 Å². The first-order chi connectivity index (χ1) is 11.0. The van der Waals surface area contributed by atoms with Gasteiger partial charge >= 0.3 is 12.5 Å². The molecule has 0 aliphatic heterocycles. The molecule has 2 aromatic carbocycles. The second kappa shape index (κ2) is 6.18. The van der Waals surface area contributed by atoms with Gasteiger partial charge in [0.05, 0.1) is 5.56 Å². The fourth-order valence-corrected chi connectivity index (χ4v) is 2.17. The Bertz CT molecular complexity index is 762. The van der Waals surface area contributed by atoms with Gasteiger partial charge in [0.15, 0.2) is 5.78 Å². The van der Waals surface area contributed by atoms with Gasteiger partial charge in [0.1, 0.15) is 5.75 Å². The van der Waals surface area contributed by atoms with Gasteiger partial charge in [-0.3, -0.25) is 4.79 Å². The third-order valence-corrected chi connectivity index (χ3v) is 3.13. The minimum absolute atomic E-state index is 0.146. The van der Waals surface area contributed by atoms with Crippen molar-refractivity contribution in [2.45, 2.75) is 19.5 Å². The van der Waals surface area contributed by atoms with E-state index in [4.69, 9.17) is 0 Å². The van der Waals surface area contributed by atoms with Crippen LogP contribution in [0.1, 0.15) is 22.8 Å². The van der Waals surface area contributed by atoms with Crippen molar-refractivity contribution in [3.63, 3.8) is 0 Å². The lowest BCUT2D eigenvalue weighted by atomic mass is 9.96. The van der Waals surface area contributed by atoms with Crippen molar-refractivity contribution < 1.29 is 35.9 Å². The highest BCUT2D eigenvalue weighted by Gasteiger charge is 2.35. The molecule has 0 atom stereocenters. The predicted molar refractivity (Wildman–Crippen MR) is 73.6 cm³/mol. The fourth-order valence-electron chi connectivity index (χ4n) is 2.17. The first-order valence-corrected chi connectivity index (χ1v) is 6.56. The number of carbonyl (C=O) groups excluding carboxylic acids is 1. The zero-order valence-corrected chi connectivity index (χ0v) is 12.1. The van der Waals surface area contributed by atoms with Crippen molar-refractivity contribution in [3.05, 3.63) is 53.6 Å². The molecule has 0 fully saturated rings. The third kappa shape index (κ3) is 4.06. The van der Waals surface area contributed by atoms with E-state index >= 15 is 0 Å². The van der Waals surface area contributed by atoms with E-state index in [0.29, 0.717) is 6.07 Å². The number of halogens is 6. The molecule has 0 aliphatic rings. The van der Waals surface area contributed by atoms with Gasteiger partial charge in [0.25, 0.3) is 0 Å². The first kappa shape index (κ1) is 17.8. The van der Waals surface area contributed by atoms with E-state index in [2.05, 4.69) is 4.74 Å². The highest BCUT2D eigenvalue weighted by Crippen LogP contribution is 2.38. The summed E-state index contributed by atoms with van der Waals surface area (Å²) in [5.74, 6) is -1.43. The molecule has 0 bridgehead atoms. The normalized spacial score (nSPS) is 12.1. The number of rotatable bonds is 3. The Kier molecular flexibility index (Phi) is 4.59. The molecule has 0 aliphatic carbocycles. The van der Waals surface area contributed by atoms with Crippen molar-refractivity contribution in [1.82, 2.24) is 0 Å². The largest absolute Gasteiger partial charge is 0.573 e. The maximum atomic E-state index is 13.1. The minimum atomic E-state index is -4.98. The zero-order valence-electron chi connectivity index (χ0n) is 12.1. The number of ketones is 1. The van der Waals surface area contributed by atoms with Crippen LogP contribution in [0.15, 0.2) is 42.5 Å². The summed E-state index contributed by atoms with van der Waals surface area (Å²) in [6, 6.07) is 7.54. The Balaban J connectivity index is 2.61. The smallest absolute Gasteiger partial charge is 0.405 e. The summed E-state index contributed by atoms with van der Waals surface area (Å²) in [5.41, 5.74) is -2.09. The van der Waals surface area contributed by atoms with Gasteiger partial charge in [0, 0.05) is 11.1 Å². The Morgan fingerprint density at radius 2 is 1.58 bits per heavy atom. The van der Waals surface area contributed by atoms with Crippen LogP contribution in [-0.4, -0.2) is 12.1 Å². The van der Waals surface area contributed by atoms with E-state index in [1.54, 1.807) is 0 Å². The molecule has 0 N–H and O–H groups in total. The van der Waals surface area contributed by atoms with Crippen molar-refractivity contribution in [3.8, 4) is 16.9 Å². The number of benzene rings is 2. The number of ether oxygens (including phenoxy) is 1. The summed E-state index contributed by atoms with van der Waals surface area (Å²) in [4.78, 5) is 11.3. The van der Waals surface area contributed by atoms with Crippen molar-refractivity contribution >= 4 is 5.78 Å². The van der Waals surface area contributed by atoms with Crippen LogP contribution in [0.5, 0.6) is 5.75 Å². The van der Waals surface area contributed by atoms with Gasteiger partial charge in [-0.1, -0.05) is 30.3 Å². The summed E-state index contributed by atoms with van der Waals surface area (Å²) >= 11 is 0. The van der Waals surface area contributed by atoms with Crippen LogP contribution < -0.4 is 4.74 Å². The fraction of sp³-hybridized carbons (Fsp3) is 0.188. The third-order valence-electron chi connectivity index (χ3n) is 3.13. The lowest BCUT2D eigenvalue weighted by molar-refractivity contribution is -0.274. The van der Waals surface area contributed by atoms with E-state index in [9.17, 15) is 31.1 Å². The van der Waals surface area contributed by atoms with Gasteiger partial charge in [-0.05, 0) is 24.6 Å². The molecule has 2 aromatic rings. The summed E-state index contributed by atoms with van der Waals surface area (Å²) in [6.45, 7) is 0.977. The molecule has 24 heavy (non-hydrogen) atoms. The summed E-state index contributed by atoms with van der Waals surface area (Å²) in [7, 11) is 0. The molecule has 0 unspecified atom stereocenters. The highest BCUT2D eigenvalue weighted by atomic mass is 19.4. The number of alkyl halides is 6. The molecular formula is C16H10F6O2. The molecule has 0 saturated carbocycles. The maximum Gasteiger partial charge on any atom is 0.573 e. The Labute approximate surface area is 132 Å². The molecule has 2 nitrogen and oxygen atoms in total. The van der Waals surface area contributed by atoms with Crippen molar-refractivity contribution in [2.24, 2.45) is 0 Å². The Morgan fingerprint density at radius 3 is 2.12 bits per heavy atom. The van der Waals surface area contributed by atoms with Gasteiger partial charge in [-0.25, -0.2) is 0 Å². The topological polar surface area (TPSA) is 26.3 Å². The Morgan fingerprint density at radius 1 is 0.958 bits per heavy atom. The number of hydrogen-bond acceptors (Lipinski definition) is 2. The first-order valence-electron chi connectivity index (χ1n) is 6.56. The Hall–Kier alpha value is -2.51. The van der Waals surface area contributed by atoms with Crippen LogP contribution in [0.4, 0.5) is 26.3 Å². The second-order valence-electron chi connectivity index (χ2n) is 4.86. The molecule has 0 radical (unpaired) electrons. The van der Waals surface area contributed by atoms with Crippen molar-refractivity contribution in [2.75, 3.05) is 0 Å². The van der Waals surface area contributed by atoms with E-state index in [0.717, 1.165) is 25.1 Å². The molecular weight excluding hydrogens is 338 g/mol. The number of Topliss-reactive ketones (excluding diaryl/α,β-unsaturated/α-hetero) is 1. The minimum Gasteiger partial charge on any atom is -0.405 e. The lowest BCUT2D eigenvalue weighted by Crippen LogP contribution is -2.17. The van der Waals surface area contributed by atoms with Crippen LogP contribution in [0, 0.1) is 0 Å². The highest BCUT2D eigenvalue weighted by molar-refractivity contribution is 5.96. The van der Waals surface area contributed by atoms with Gasteiger partial charge in [-0.2, -0.15) is 13.2 Å². The molecule has 0 amide bonds. The molecule has 2 rings (SSSR count). The van der Waals surface area contributed by atoms with Crippen LogP contribution in [0.3, 0.4) is 0 Å². The molecule has 0 spiro atoms. The van der Waals surface area contributed by atoms with Crippen LogP contribution in [0.2, 0.25) is 0 Å². The van der Waals surface area contributed by atoms with E-state index in [-0.39, 0.29) is 11.1 Å². The maximum absolute atomic E-state index is 13.1. The molecule has 0 saturated heterocycles. The van der Waals surface area contributed by atoms with E-state index in [1.807, 2.05) is 0 Å². The standard InChI is InChI=1S/C16H10F6O2/c1-9(23)11-7-6-10(8-13(11)15(17,18)19)12-4-2-3-5-14(12)24-16(20,21)22/h2-8H,1H3. The second-order valence-corrected chi connectivity index (χ2v) is 4.86. The molecule has 8 heteroatoms. The van der Waals surface area contributed by atoms with Crippen molar-refractivity contribution in [1.29, 1.82) is 0 Å². The lowest BCUT2D eigenvalue weighted by Gasteiger charge is -2.16. The van der Waals surface area contributed by atoms with Gasteiger partial charge in [0.2, 0.25) is 0 Å². The zero-order chi connectivity index (χ0) is 18.1. The monoisotopic (exact) mass is 348 g/mol. The van der Waals surface area contributed by atoms with Gasteiger partial charge < -0.3 is 4.74 Å². The average molecular weight is 348 g/mol. The molecule has 0 aromatic heterocycles. The van der Waals surface area contributed by atoms with Gasteiger partial charge in [-0.15, -0.1) is 13.2 Å². The van der Waals surface area contributed by atoms with E-state index < -0.39 is 35.2 Å². The molecule has 128 valence electrons. The average Bonchev–Trinajstić information content (AvgIpc) is 2.44. The van der Waals surface area contributed by atoms with Crippen LogP contribution in [0.25, 0.3) is 11.1 Å². The summed E-state index contributed by atoms with van der Waals surface area (Å²) in [6.07, 6.45) is -9.81. The quantitative estimate of drug-likeness (QED) is 0.543. The SMILES string of the molecule is CC(=O)c1ccc(-c2ccccc2OC(F)(F)F)cc1C(F)(F)F. The molecule has 0 heterocycles. The van der Waals surface area contributed by atoms with Crippen LogP contribution >= 0.6 is 0 Å². The number of hydrogen-bond donors (Lipinski definition) is 0. The summed E-state index contributed by atoms with van der Waals surface area (Å²) in [5, 5.41) is 0. The van der Waals surface area contributed by atoms with Crippen LogP contribution in [-0.2, 0) is 6.18 Å². The number of carbonyl (C=O) groups is 1.